The van der Waals surface area contributed by atoms with Crippen LogP contribution in [0.15, 0.2) is 75.9 Å². The van der Waals surface area contributed by atoms with E-state index in [1.165, 1.54) is 18.4 Å². The highest BCUT2D eigenvalue weighted by molar-refractivity contribution is 5.96. The summed E-state index contributed by atoms with van der Waals surface area (Å²) in [4.78, 5) is 33.2. The average Bonchev–Trinajstić information content (AvgIpc) is 3.56. The van der Waals surface area contributed by atoms with E-state index in [1.54, 1.807) is 58.3 Å². The average molecular weight is 446 g/mol. The Bertz CT molecular complexity index is 1290. The first kappa shape index (κ1) is 20.6. The standard InChI is InChI=1S/C24H19FN4O4/c25-19-7-2-4-16(15-19)21-26-22(33-27-21)17-5-1-6-18(14-17)23(30)28-9-11-29(12-10-28)24(31)20-8-3-13-32-20/h1-8,13-15H,9-12H2. The van der Waals surface area contributed by atoms with Crippen LogP contribution in [0.1, 0.15) is 20.9 Å². The second-order valence-electron chi connectivity index (χ2n) is 7.58. The van der Waals surface area contributed by atoms with Crippen molar-refractivity contribution in [3.05, 3.63) is 84.1 Å². The van der Waals surface area contributed by atoms with Gasteiger partial charge in [0.1, 0.15) is 5.82 Å². The lowest BCUT2D eigenvalue weighted by atomic mass is 10.1. The summed E-state index contributed by atoms with van der Waals surface area (Å²) in [5, 5.41) is 3.92. The summed E-state index contributed by atoms with van der Waals surface area (Å²) in [6.45, 7) is 1.68. The molecule has 166 valence electrons. The third-order valence-electron chi connectivity index (χ3n) is 5.45. The minimum absolute atomic E-state index is 0.146. The van der Waals surface area contributed by atoms with Crippen molar-refractivity contribution in [2.24, 2.45) is 0 Å². The highest BCUT2D eigenvalue weighted by atomic mass is 19.1. The van der Waals surface area contributed by atoms with E-state index < -0.39 is 5.82 Å². The van der Waals surface area contributed by atoms with Crippen LogP contribution < -0.4 is 0 Å². The van der Waals surface area contributed by atoms with Crippen LogP contribution in [-0.4, -0.2) is 57.9 Å². The molecule has 2 aromatic carbocycles. The molecule has 0 N–H and O–H groups in total. The molecular weight excluding hydrogens is 427 g/mol. The van der Waals surface area contributed by atoms with Crippen molar-refractivity contribution < 1.29 is 22.9 Å². The van der Waals surface area contributed by atoms with E-state index in [0.717, 1.165) is 0 Å². The van der Waals surface area contributed by atoms with Gasteiger partial charge in [-0.2, -0.15) is 4.98 Å². The Morgan fingerprint density at radius 1 is 0.848 bits per heavy atom. The zero-order chi connectivity index (χ0) is 22.8. The van der Waals surface area contributed by atoms with E-state index in [9.17, 15) is 14.0 Å². The largest absolute Gasteiger partial charge is 0.459 e. The Kier molecular flexibility index (Phi) is 5.43. The third-order valence-corrected chi connectivity index (χ3v) is 5.45. The molecule has 4 aromatic rings. The molecule has 1 fully saturated rings. The number of furan rings is 1. The van der Waals surface area contributed by atoms with Gasteiger partial charge in [-0.15, -0.1) is 0 Å². The first-order valence-corrected chi connectivity index (χ1v) is 10.4. The van der Waals surface area contributed by atoms with Gasteiger partial charge in [0.2, 0.25) is 5.82 Å². The van der Waals surface area contributed by atoms with Crippen LogP contribution in [0.4, 0.5) is 4.39 Å². The summed E-state index contributed by atoms with van der Waals surface area (Å²) in [5.74, 6) is 0.0693. The molecule has 0 radical (unpaired) electrons. The summed E-state index contributed by atoms with van der Waals surface area (Å²) >= 11 is 0. The molecule has 1 aliphatic heterocycles. The van der Waals surface area contributed by atoms with Crippen molar-refractivity contribution in [1.29, 1.82) is 0 Å². The summed E-state index contributed by atoms with van der Waals surface area (Å²) in [7, 11) is 0. The van der Waals surface area contributed by atoms with Crippen LogP contribution in [0.5, 0.6) is 0 Å². The third kappa shape index (κ3) is 4.25. The number of rotatable bonds is 4. The molecule has 0 bridgehead atoms. The lowest BCUT2D eigenvalue weighted by Gasteiger charge is -2.34. The van der Waals surface area contributed by atoms with Crippen LogP contribution in [0, 0.1) is 5.82 Å². The monoisotopic (exact) mass is 446 g/mol. The van der Waals surface area contributed by atoms with Crippen molar-refractivity contribution in [1.82, 2.24) is 19.9 Å². The molecule has 9 heteroatoms. The van der Waals surface area contributed by atoms with Crippen molar-refractivity contribution in [2.75, 3.05) is 26.2 Å². The first-order valence-electron chi connectivity index (χ1n) is 10.4. The Morgan fingerprint density at radius 2 is 1.58 bits per heavy atom. The predicted octanol–water partition coefficient (Wildman–Crippen LogP) is 3.73. The lowest BCUT2D eigenvalue weighted by molar-refractivity contribution is 0.0518. The number of benzene rings is 2. The van der Waals surface area contributed by atoms with Gasteiger partial charge in [-0.25, -0.2) is 4.39 Å². The molecule has 5 rings (SSSR count). The Morgan fingerprint density at radius 3 is 2.30 bits per heavy atom. The fourth-order valence-corrected chi connectivity index (χ4v) is 3.72. The maximum Gasteiger partial charge on any atom is 0.289 e. The molecule has 33 heavy (non-hydrogen) atoms. The molecule has 0 spiro atoms. The summed E-state index contributed by atoms with van der Waals surface area (Å²) in [6, 6.07) is 16.1. The molecule has 1 aliphatic rings. The fraction of sp³-hybridized carbons (Fsp3) is 0.167. The summed E-state index contributed by atoms with van der Waals surface area (Å²) in [6.07, 6.45) is 1.46. The second kappa shape index (κ2) is 8.70. The minimum atomic E-state index is -0.391. The fourth-order valence-electron chi connectivity index (χ4n) is 3.72. The molecule has 0 aliphatic carbocycles. The van der Waals surface area contributed by atoms with E-state index >= 15 is 0 Å². The first-order chi connectivity index (χ1) is 16.1. The molecule has 0 unspecified atom stereocenters. The van der Waals surface area contributed by atoms with E-state index in [2.05, 4.69) is 10.1 Å². The van der Waals surface area contributed by atoms with Gasteiger partial charge in [0.15, 0.2) is 5.76 Å². The van der Waals surface area contributed by atoms with Gasteiger partial charge in [-0.1, -0.05) is 23.4 Å². The maximum absolute atomic E-state index is 13.5. The molecule has 2 aromatic heterocycles. The Hall–Kier alpha value is -4.27. The highest BCUT2D eigenvalue weighted by Gasteiger charge is 2.27. The van der Waals surface area contributed by atoms with Crippen LogP contribution in [0.3, 0.4) is 0 Å². The van der Waals surface area contributed by atoms with Crippen molar-refractivity contribution in [3.8, 4) is 22.8 Å². The number of hydrogen-bond donors (Lipinski definition) is 0. The Labute approximate surface area is 188 Å². The van der Waals surface area contributed by atoms with Gasteiger partial charge in [0.25, 0.3) is 17.7 Å². The minimum Gasteiger partial charge on any atom is -0.459 e. The maximum atomic E-state index is 13.5. The molecule has 0 saturated carbocycles. The zero-order valence-electron chi connectivity index (χ0n) is 17.5. The molecule has 3 heterocycles. The number of nitrogens with zero attached hydrogens (tertiary/aromatic N) is 4. The van der Waals surface area contributed by atoms with Crippen LogP contribution >= 0.6 is 0 Å². The zero-order valence-corrected chi connectivity index (χ0v) is 17.5. The van der Waals surface area contributed by atoms with Crippen LogP contribution in [0.25, 0.3) is 22.8 Å². The molecule has 8 nitrogen and oxygen atoms in total. The number of halogens is 1. The molecule has 1 saturated heterocycles. The summed E-state index contributed by atoms with van der Waals surface area (Å²) < 4.78 is 24.0. The smallest absolute Gasteiger partial charge is 0.289 e. The van der Waals surface area contributed by atoms with Crippen molar-refractivity contribution in [2.45, 2.75) is 0 Å². The van der Waals surface area contributed by atoms with Crippen LogP contribution in [-0.2, 0) is 0 Å². The van der Waals surface area contributed by atoms with E-state index in [4.69, 9.17) is 8.94 Å². The van der Waals surface area contributed by atoms with E-state index in [0.29, 0.717) is 48.6 Å². The van der Waals surface area contributed by atoms with Gasteiger partial charge in [0.05, 0.1) is 6.26 Å². The van der Waals surface area contributed by atoms with Gasteiger partial charge in [-0.05, 0) is 42.5 Å². The normalized spacial score (nSPS) is 13.8. The van der Waals surface area contributed by atoms with Crippen LogP contribution in [0.2, 0.25) is 0 Å². The molecule has 0 atom stereocenters. The highest BCUT2D eigenvalue weighted by Crippen LogP contribution is 2.24. The van der Waals surface area contributed by atoms with E-state index in [-0.39, 0.29) is 23.5 Å². The van der Waals surface area contributed by atoms with Gasteiger partial charge in [-0.3, -0.25) is 9.59 Å². The second-order valence-corrected chi connectivity index (χ2v) is 7.58. The quantitative estimate of drug-likeness (QED) is 0.474. The number of piperazine rings is 1. The Balaban J connectivity index is 1.28. The van der Waals surface area contributed by atoms with Crippen molar-refractivity contribution >= 4 is 11.8 Å². The van der Waals surface area contributed by atoms with E-state index in [1.807, 2.05) is 0 Å². The number of aromatic nitrogens is 2. The van der Waals surface area contributed by atoms with Gasteiger partial charge < -0.3 is 18.7 Å². The van der Waals surface area contributed by atoms with Gasteiger partial charge >= 0.3 is 0 Å². The SMILES string of the molecule is O=C(c1cccc(-c2nc(-c3cccc(F)c3)no2)c1)N1CCN(C(=O)c2ccco2)CC1. The number of carbonyl (C=O) groups excluding carboxylic acids is 2. The summed E-state index contributed by atoms with van der Waals surface area (Å²) in [5.41, 5.74) is 1.56. The molecule has 2 amide bonds. The number of amides is 2. The number of carbonyl (C=O) groups is 2. The molecular formula is C24H19FN4O4. The lowest BCUT2D eigenvalue weighted by Crippen LogP contribution is -2.50. The van der Waals surface area contributed by atoms with Crippen molar-refractivity contribution in [3.63, 3.8) is 0 Å². The van der Waals surface area contributed by atoms with Gasteiger partial charge in [0, 0.05) is 42.9 Å². The predicted molar refractivity (Wildman–Crippen MR) is 116 cm³/mol. The number of hydrogen-bond acceptors (Lipinski definition) is 6. The topological polar surface area (TPSA) is 92.7 Å².